The van der Waals surface area contributed by atoms with Crippen molar-refractivity contribution in [2.24, 2.45) is 0 Å². The Kier molecular flexibility index (Phi) is 4.83. The predicted molar refractivity (Wildman–Crippen MR) is 90.1 cm³/mol. The molecular weight excluding hydrogens is 348 g/mol. The zero-order valence-corrected chi connectivity index (χ0v) is 13.5. The topological polar surface area (TPSA) is 77.8 Å². The summed E-state index contributed by atoms with van der Waals surface area (Å²) in [4.78, 5) is 23.6. The Hall–Kier alpha value is -3.42. The molecule has 0 saturated carbocycles. The van der Waals surface area contributed by atoms with Crippen molar-refractivity contribution in [1.82, 2.24) is 0 Å². The molecule has 0 spiro atoms. The van der Waals surface area contributed by atoms with Crippen LogP contribution in [0.2, 0.25) is 0 Å². The predicted octanol–water partition coefficient (Wildman–Crippen LogP) is 3.66. The summed E-state index contributed by atoms with van der Waals surface area (Å²) in [5, 5.41) is 3.31. The van der Waals surface area contributed by atoms with Gasteiger partial charge in [0.2, 0.25) is 0 Å². The first kappa shape index (κ1) is 17.4. The van der Waals surface area contributed by atoms with Crippen LogP contribution in [0.25, 0.3) is 11.0 Å². The number of hydrogen-bond acceptors (Lipinski definition) is 5. The molecule has 3 aromatic rings. The lowest BCUT2D eigenvalue weighted by Gasteiger charge is -2.11. The fourth-order valence-electron chi connectivity index (χ4n) is 2.36. The minimum absolute atomic E-state index is 0.0123. The molecule has 2 aromatic carbocycles. The molecule has 0 fully saturated rings. The number of amides is 1. The minimum atomic E-state index is -3.00. The number of halogens is 2. The summed E-state index contributed by atoms with van der Waals surface area (Å²) >= 11 is 0. The summed E-state index contributed by atoms with van der Waals surface area (Å²) in [5.74, 6) is -0.623. The van der Waals surface area contributed by atoms with Crippen molar-refractivity contribution in [2.75, 3.05) is 12.4 Å². The van der Waals surface area contributed by atoms with Crippen molar-refractivity contribution >= 4 is 22.6 Å². The number of nitrogens with one attached hydrogen (secondary N) is 1. The molecule has 1 aromatic heterocycles. The summed E-state index contributed by atoms with van der Waals surface area (Å²) in [6.45, 7) is -3.00. The second-order valence-electron chi connectivity index (χ2n) is 5.21. The van der Waals surface area contributed by atoms with Gasteiger partial charge in [-0.1, -0.05) is 0 Å². The van der Waals surface area contributed by atoms with Gasteiger partial charge in [-0.2, -0.15) is 8.78 Å². The van der Waals surface area contributed by atoms with E-state index in [9.17, 15) is 18.4 Å². The van der Waals surface area contributed by atoms with Crippen molar-refractivity contribution in [3.63, 3.8) is 0 Å². The van der Waals surface area contributed by atoms with E-state index in [2.05, 4.69) is 10.1 Å². The van der Waals surface area contributed by atoms with Gasteiger partial charge in [-0.25, -0.2) is 4.79 Å². The molecule has 0 unspecified atom stereocenters. The average molecular weight is 361 g/mol. The monoisotopic (exact) mass is 361 g/mol. The number of hydrogen-bond donors (Lipinski definition) is 1. The number of carbonyl (C=O) groups is 1. The number of ether oxygens (including phenoxy) is 2. The van der Waals surface area contributed by atoms with Gasteiger partial charge in [-0.15, -0.1) is 0 Å². The lowest BCUT2D eigenvalue weighted by molar-refractivity contribution is -0.0512. The highest BCUT2D eigenvalue weighted by molar-refractivity contribution is 6.05. The van der Waals surface area contributed by atoms with Crippen LogP contribution in [0, 0.1) is 0 Å². The van der Waals surface area contributed by atoms with Gasteiger partial charge in [0.15, 0.2) is 11.5 Å². The van der Waals surface area contributed by atoms with Gasteiger partial charge in [-0.3, -0.25) is 4.79 Å². The Balaban J connectivity index is 1.83. The van der Waals surface area contributed by atoms with Crippen molar-refractivity contribution < 1.29 is 27.5 Å². The second kappa shape index (κ2) is 7.22. The maximum Gasteiger partial charge on any atom is 0.387 e. The Morgan fingerprint density at radius 1 is 1.08 bits per heavy atom. The van der Waals surface area contributed by atoms with Gasteiger partial charge < -0.3 is 19.2 Å². The van der Waals surface area contributed by atoms with Crippen LogP contribution in [0.15, 0.2) is 57.7 Å². The van der Waals surface area contributed by atoms with Crippen LogP contribution >= 0.6 is 0 Å². The van der Waals surface area contributed by atoms with Crippen molar-refractivity contribution in [2.45, 2.75) is 6.61 Å². The molecule has 26 heavy (non-hydrogen) atoms. The van der Waals surface area contributed by atoms with E-state index >= 15 is 0 Å². The highest BCUT2D eigenvalue weighted by Gasteiger charge is 2.14. The fraction of sp³-hybridized carbons (Fsp3) is 0.111. The van der Waals surface area contributed by atoms with Gasteiger partial charge in [0.05, 0.1) is 7.11 Å². The summed E-state index contributed by atoms with van der Waals surface area (Å²) in [6, 6.07) is 11.5. The van der Waals surface area contributed by atoms with Crippen LogP contribution in [-0.2, 0) is 0 Å². The highest BCUT2D eigenvalue weighted by Crippen LogP contribution is 2.30. The van der Waals surface area contributed by atoms with Crippen LogP contribution in [-0.4, -0.2) is 19.6 Å². The summed E-state index contributed by atoms with van der Waals surface area (Å²) < 4.78 is 39.0. The first-order chi connectivity index (χ1) is 12.5. The first-order valence-corrected chi connectivity index (χ1v) is 7.44. The molecule has 0 aliphatic rings. The van der Waals surface area contributed by atoms with Crippen molar-refractivity contribution in [3.8, 4) is 11.5 Å². The number of methoxy groups -OCH3 is 1. The van der Waals surface area contributed by atoms with Gasteiger partial charge in [0, 0.05) is 22.7 Å². The summed E-state index contributed by atoms with van der Waals surface area (Å²) in [5.41, 5.74) is 0.601. The lowest BCUT2D eigenvalue weighted by Crippen LogP contribution is -2.12. The molecule has 0 radical (unpaired) electrons. The molecule has 1 heterocycles. The number of carbonyl (C=O) groups excluding carboxylic acids is 1. The van der Waals surface area contributed by atoms with Gasteiger partial charge in [0.25, 0.3) is 5.91 Å². The lowest BCUT2D eigenvalue weighted by atomic mass is 10.1. The molecule has 0 saturated heterocycles. The molecule has 0 atom stereocenters. The number of rotatable bonds is 5. The Morgan fingerprint density at radius 3 is 2.62 bits per heavy atom. The minimum Gasteiger partial charge on any atom is -0.493 e. The SMILES string of the molecule is COc1cc(C(=O)Nc2ccc3oc(=O)ccc3c2)ccc1OC(F)F. The first-order valence-electron chi connectivity index (χ1n) is 7.44. The Bertz CT molecular complexity index is 1020. The number of anilines is 1. The van der Waals surface area contributed by atoms with Crippen molar-refractivity contribution in [3.05, 3.63) is 64.5 Å². The molecule has 1 amide bonds. The van der Waals surface area contributed by atoms with Gasteiger partial charge >= 0.3 is 12.2 Å². The zero-order chi connectivity index (χ0) is 18.7. The van der Waals surface area contributed by atoms with Crippen LogP contribution in [0.3, 0.4) is 0 Å². The molecule has 1 N–H and O–H groups in total. The van der Waals surface area contributed by atoms with Crippen LogP contribution in [0.4, 0.5) is 14.5 Å². The molecule has 0 aliphatic carbocycles. The maximum absolute atomic E-state index is 12.4. The highest BCUT2D eigenvalue weighted by atomic mass is 19.3. The number of fused-ring (bicyclic) bond motifs is 1. The summed E-state index contributed by atoms with van der Waals surface area (Å²) in [7, 11) is 1.28. The van der Waals surface area contributed by atoms with E-state index in [0.29, 0.717) is 16.7 Å². The van der Waals surface area contributed by atoms with E-state index in [-0.39, 0.29) is 17.1 Å². The molecule has 8 heteroatoms. The average Bonchev–Trinajstić information content (AvgIpc) is 2.61. The fourth-order valence-corrected chi connectivity index (χ4v) is 2.36. The van der Waals surface area contributed by atoms with E-state index in [1.54, 1.807) is 24.3 Å². The largest absolute Gasteiger partial charge is 0.493 e. The number of benzene rings is 2. The zero-order valence-electron chi connectivity index (χ0n) is 13.5. The Labute approximate surface area is 146 Å². The van der Waals surface area contributed by atoms with Gasteiger partial charge in [-0.05, 0) is 42.5 Å². The van der Waals surface area contributed by atoms with E-state index in [1.807, 2.05) is 0 Å². The Morgan fingerprint density at radius 2 is 1.88 bits per heavy atom. The van der Waals surface area contributed by atoms with E-state index in [1.165, 1.54) is 31.4 Å². The maximum atomic E-state index is 12.4. The third-order valence-corrected chi connectivity index (χ3v) is 3.52. The molecule has 134 valence electrons. The van der Waals surface area contributed by atoms with Crippen molar-refractivity contribution in [1.29, 1.82) is 0 Å². The standard InChI is InChI=1S/C18H13F2NO5/c1-24-15-9-11(2-5-14(15)26-18(19)20)17(23)21-12-4-6-13-10(8-12)3-7-16(22)25-13/h2-9,18H,1H3,(H,21,23). The molecule has 6 nitrogen and oxygen atoms in total. The second-order valence-corrected chi connectivity index (χ2v) is 5.21. The third-order valence-electron chi connectivity index (χ3n) is 3.52. The smallest absolute Gasteiger partial charge is 0.387 e. The third kappa shape index (κ3) is 3.80. The van der Waals surface area contributed by atoms with E-state index in [4.69, 9.17) is 9.15 Å². The van der Waals surface area contributed by atoms with Crippen LogP contribution in [0.5, 0.6) is 11.5 Å². The molecule has 0 bridgehead atoms. The van der Waals surface area contributed by atoms with Gasteiger partial charge in [0.1, 0.15) is 5.58 Å². The van der Waals surface area contributed by atoms with Crippen LogP contribution < -0.4 is 20.4 Å². The summed E-state index contributed by atoms with van der Waals surface area (Å²) in [6.07, 6.45) is 0. The quantitative estimate of drug-likeness (QED) is 0.702. The number of alkyl halides is 2. The normalized spacial score (nSPS) is 10.8. The molecular formula is C18H13F2NO5. The molecule has 0 aliphatic heterocycles. The van der Waals surface area contributed by atoms with E-state index in [0.717, 1.165) is 0 Å². The van der Waals surface area contributed by atoms with E-state index < -0.39 is 18.1 Å². The molecule has 3 rings (SSSR count). The van der Waals surface area contributed by atoms with Crippen LogP contribution in [0.1, 0.15) is 10.4 Å².